The lowest BCUT2D eigenvalue weighted by Gasteiger charge is -2.05. The summed E-state index contributed by atoms with van der Waals surface area (Å²) in [4.78, 5) is 0. The summed E-state index contributed by atoms with van der Waals surface area (Å²) >= 11 is 1.54. The Labute approximate surface area is 144 Å². The number of aromatic nitrogens is 3. The summed E-state index contributed by atoms with van der Waals surface area (Å²) in [6.07, 6.45) is 1.70. The van der Waals surface area contributed by atoms with Gasteiger partial charge in [-0.2, -0.15) is 5.10 Å². The molecule has 0 aliphatic heterocycles. The highest BCUT2D eigenvalue weighted by Crippen LogP contribution is 2.23. The zero-order valence-electron chi connectivity index (χ0n) is 13.3. The van der Waals surface area contributed by atoms with Crippen molar-refractivity contribution in [3.8, 4) is 0 Å². The molecular formula is C17H18N6S. The standard InChI is InChI=1S/C17H18N6S/c1-13-7-5-6-10-15(13)12-24-17-22-21-16(23(17)18)20-19-11-14-8-3-2-4-9-14/h2-11H,12,18H2,1H3,(H,20,21)/b19-11+. The van der Waals surface area contributed by atoms with Gasteiger partial charge in [0, 0.05) is 5.75 Å². The fourth-order valence-corrected chi connectivity index (χ4v) is 3.00. The lowest BCUT2D eigenvalue weighted by atomic mass is 10.1. The number of nitrogen functional groups attached to an aromatic ring is 1. The first-order valence-corrected chi connectivity index (χ1v) is 8.44. The van der Waals surface area contributed by atoms with Crippen LogP contribution in [0.4, 0.5) is 5.95 Å². The van der Waals surface area contributed by atoms with Gasteiger partial charge < -0.3 is 5.84 Å². The zero-order chi connectivity index (χ0) is 16.8. The molecule has 0 saturated heterocycles. The fourth-order valence-electron chi connectivity index (χ4n) is 2.07. The summed E-state index contributed by atoms with van der Waals surface area (Å²) in [6, 6.07) is 18.0. The van der Waals surface area contributed by atoms with Crippen molar-refractivity contribution >= 4 is 23.9 Å². The van der Waals surface area contributed by atoms with E-state index in [0.29, 0.717) is 11.1 Å². The Morgan fingerprint density at radius 2 is 1.88 bits per heavy atom. The molecule has 3 rings (SSSR count). The number of nitrogens with two attached hydrogens (primary N) is 1. The number of hydrazone groups is 1. The first-order valence-electron chi connectivity index (χ1n) is 7.46. The minimum absolute atomic E-state index is 0.398. The van der Waals surface area contributed by atoms with E-state index in [-0.39, 0.29) is 0 Å². The number of rotatable bonds is 6. The van der Waals surface area contributed by atoms with Crippen LogP contribution in [0.3, 0.4) is 0 Å². The Bertz CT molecular complexity index is 828. The van der Waals surface area contributed by atoms with Crippen LogP contribution in [0.15, 0.2) is 64.9 Å². The van der Waals surface area contributed by atoms with Gasteiger partial charge in [-0.15, -0.1) is 10.2 Å². The first-order chi connectivity index (χ1) is 11.7. The Balaban J connectivity index is 1.61. The highest BCUT2D eigenvalue weighted by Gasteiger charge is 2.10. The third-order valence-electron chi connectivity index (χ3n) is 3.46. The fraction of sp³-hybridized carbons (Fsp3) is 0.118. The molecule has 6 nitrogen and oxygen atoms in total. The van der Waals surface area contributed by atoms with Gasteiger partial charge in [0.15, 0.2) is 0 Å². The molecule has 0 atom stereocenters. The highest BCUT2D eigenvalue weighted by atomic mass is 32.2. The number of benzene rings is 2. The monoisotopic (exact) mass is 338 g/mol. The van der Waals surface area contributed by atoms with E-state index in [4.69, 9.17) is 5.84 Å². The van der Waals surface area contributed by atoms with Gasteiger partial charge in [-0.3, -0.25) is 0 Å². The van der Waals surface area contributed by atoms with Crippen LogP contribution in [-0.4, -0.2) is 21.1 Å². The van der Waals surface area contributed by atoms with Crippen LogP contribution in [0.5, 0.6) is 0 Å². The average Bonchev–Trinajstić information content (AvgIpc) is 2.95. The van der Waals surface area contributed by atoms with Crippen LogP contribution in [0.2, 0.25) is 0 Å². The number of aryl methyl sites for hydroxylation is 1. The normalized spacial score (nSPS) is 11.0. The van der Waals surface area contributed by atoms with Gasteiger partial charge in [-0.1, -0.05) is 66.4 Å². The van der Waals surface area contributed by atoms with E-state index < -0.39 is 0 Å². The number of nitrogens with zero attached hydrogens (tertiary/aromatic N) is 4. The van der Waals surface area contributed by atoms with E-state index in [1.165, 1.54) is 27.6 Å². The van der Waals surface area contributed by atoms with Crippen molar-refractivity contribution in [3.63, 3.8) is 0 Å². The molecule has 122 valence electrons. The lowest BCUT2D eigenvalue weighted by molar-refractivity contribution is 0.847. The summed E-state index contributed by atoms with van der Waals surface area (Å²) < 4.78 is 1.41. The average molecular weight is 338 g/mol. The van der Waals surface area contributed by atoms with Crippen molar-refractivity contribution in [2.45, 2.75) is 17.8 Å². The van der Waals surface area contributed by atoms with E-state index >= 15 is 0 Å². The molecule has 0 aliphatic rings. The highest BCUT2D eigenvalue weighted by molar-refractivity contribution is 7.98. The third kappa shape index (κ3) is 3.94. The summed E-state index contributed by atoms with van der Waals surface area (Å²) in [5, 5.41) is 12.9. The van der Waals surface area contributed by atoms with Crippen molar-refractivity contribution in [1.29, 1.82) is 0 Å². The molecule has 1 aromatic heterocycles. The number of thioether (sulfide) groups is 1. The van der Waals surface area contributed by atoms with E-state index in [9.17, 15) is 0 Å². The molecule has 7 heteroatoms. The molecule has 0 bridgehead atoms. The molecular weight excluding hydrogens is 320 g/mol. The molecule has 0 fully saturated rings. The molecule has 0 aliphatic carbocycles. The first kappa shape index (κ1) is 16.1. The maximum absolute atomic E-state index is 6.02. The minimum atomic E-state index is 0.398. The number of hydrogen-bond acceptors (Lipinski definition) is 6. The summed E-state index contributed by atoms with van der Waals surface area (Å²) in [7, 11) is 0. The summed E-state index contributed by atoms with van der Waals surface area (Å²) in [6.45, 7) is 2.09. The maximum atomic E-state index is 6.02. The van der Waals surface area contributed by atoms with E-state index in [1.807, 2.05) is 42.5 Å². The summed E-state index contributed by atoms with van der Waals surface area (Å²) in [5.74, 6) is 7.20. The molecule has 1 heterocycles. The van der Waals surface area contributed by atoms with Gasteiger partial charge in [-0.25, -0.2) is 10.1 Å². The molecule has 0 radical (unpaired) electrons. The molecule has 0 spiro atoms. The van der Waals surface area contributed by atoms with Gasteiger partial charge in [0.25, 0.3) is 5.95 Å². The largest absolute Gasteiger partial charge is 0.334 e. The van der Waals surface area contributed by atoms with Crippen molar-refractivity contribution < 1.29 is 0 Å². The molecule has 2 aromatic carbocycles. The Morgan fingerprint density at radius 1 is 1.12 bits per heavy atom. The van der Waals surface area contributed by atoms with Crippen molar-refractivity contribution in [2.75, 3.05) is 11.3 Å². The molecule has 3 N–H and O–H groups in total. The van der Waals surface area contributed by atoms with Crippen LogP contribution in [-0.2, 0) is 5.75 Å². The van der Waals surface area contributed by atoms with Crippen LogP contribution in [0.25, 0.3) is 0 Å². The third-order valence-corrected chi connectivity index (χ3v) is 4.45. The second kappa shape index (κ2) is 7.65. The van der Waals surface area contributed by atoms with E-state index in [1.54, 1.807) is 6.21 Å². The molecule has 0 amide bonds. The Morgan fingerprint density at radius 3 is 2.67 bits per heavy atom. The van der Waals surface area contributed by atoms with Crippen LogP contribution in [0, 0.1) is 6.92 Å². The van der Waals surface area contributed by atoms with E-state index in [0.717, 1.165) is 11.3 Å². The Hall–Kier alpha value is -2.80. The maximum Gasteiger partial charge on any atom is 0.264 e. The van der Waals surface area contributed by atoms with Gasteiger partial charge >= 0.3 is 0 Å². The number of anilines is 1. The van der Waals surface area contributed by atoms with E-state index in [2.05, 4.69) is 39.8 Å². The smallest absolute Gasteiger partial charge is 0.264 e. The van der Waals surface area contributed by atoms with Gasteiger partial charge in [0.1, 0.15) is 0 Å². The Kier molecular flexibility index (Phi) is 5.12. The second-order valence-electron chi connectivity index (χ2n) is 5.17. The van der Waals surface area contributed by atoms with Crippen LogP contribution < -0.4 is 11.3 Å². The predicted molar refractivity (Wildman–Crippen MR) is 98.6 cm³/mol. The molecule has 3 aromatic rings. The predicted octanol–water partition coefficient (Wildman–Crippen LogP) is 3.04. The SMILES string of the molecule is Cc1ccccc1CSc1nnc(N/N=C/c2ccccc2)n1N. The lowest BCUT2D eigenvalue weighted by Crippen LogP contribution is -2.13. The molecule has 0 saturated carbocycles. The van der Waals surface area contributed by atoms with Gasteiger partial charge in [0.2, 0.25) is 5.16 Å². The molecule has 24 heavy (non-hydrogen) atoms. The van der Waals surface area contributed by atoms with Crippen molar-refractivity contribution in [3.05, 3.63) is 71.3 Å². The summed E-state index contributed by atoms with van der Waals surface area (Å²) in [5.41, 5.74) is 6.30. The zero-order valence-corrected chi connectivity index (χ0v) is 14.1. The number of hydrogen-bond donors (Lipinski definition) is 2. The molecule has 0 unspecified atom stereocenters. The van der Waals surface area contributed by atoms with Crippen molar-refractivity contribution in [2.24, 2.45) is 5.10 Å². The topological polar surface area (TPSA) is 81.1 Å². The minimum Gasteiger partial charge on any atom is -0.334 e. The van der Waals surface area contributed by atoms with Crippen LogP contribution in [0.1, 0.15) is 16.7 Å². The second-order valence-corrected chi connectivity index (χ2v) is 6.11. The quantitative estimate of drug-likeness (QED) is 0.312. The number of nitrogens with one attached hydrogen (secondary N) is 1. The van der Waals surface area contributed by atoms with Gasteiger partial charge in [-0.05, 0) is 23.6 Å². The van der Waals surface area contributed by atoms with Crippen molar-refractivity contribution in [1.82, 2.24) is 14.9 Å². The van der Waals surface area contributed by atoms with Crippen LogP contribution >= 0.6 is 11.8 Å². The van der Waals surface area contributed by atoms with Gasteiger partial charge in [0.05, 0.1) is 6.21 Å².